The van der Waals surface area contributed by atoms with Crippen LogP contribution in [0.4, 0.5) is 0 Å². The van der Waals surface area contributed by atoms with Crippen molar-refractivity contribution in [2.75, 3.05) is 0 Å². The number of amides is 1. The number of hydrogen-bond donors (Lipinski definition) is 1. The van der Waals surface area contributed by atoms with Crippen LogP contribution in [0, 0.1) is 6.92 Å². The minimum atomic E-state index is -0.211. The zero-order chi connectivity index (χ0) is 12.3. The zero-order valence-corrected chi connectivity index (χ0v) is 9.84. The number of carbonyl (C=O) groups is 1. The molecule has 0 fully saturated rings. The van der Waals surface area contributed by atoms with E-state index in [0.717, 1.165) is 11.4 Å². The highest BCUT2D eigenvalue weighted by Gasteiger charge is 2.07. The Hall–Kier alpha value is -2.17. The highest BCUT2D eigenvalue weighted by molar-refractivity contribution is 5.91. The molecule has 0 bridgehead atoms. The predicted molar refractivity (Wildman–Crippen MR) is 63.4 cm³/mol. The summed E-state index contributed by atoms with van der Waals surface area (Å²) < 4.78 is 2.04. The summed E-state index contributed by atoms with van der Waals surface area (Å²) in [5.74, 6) is -0.211. The Morgan fingerprint density at radius 3 is 2.82 bits per heavy atom. The second kappa shape index (κ2) is 4.78. The molecule has 17 heavy (non-hydrogen) atoms. The first kappa shape index (κ1) is 11.3. The highest BCUT2D eigenvalue weighted by atomic mass is 16.1. The molecule has 2 aromatic heterocycles. The van der Waals surface area contributed by atoms with Crippen molar-refractivity contribution in [3.05, 3.63) is 47.8 Å². The lowest BCUT2D eigenvalue weighted by molar-refractivity contribution is 0.0944. The van der Waals surface area contributed by atoms with E-state index in [1.54, 1.807) is 0 Å². The first-order valence-electron chi connectivity index (χ1n) is 5.34. The van der Waals surface area contributed by atoms with Crippen molar-refractivity contribution in [1.82, 2.24) is 19.9 Å². The van der Waals surface area contributed by atoms with E-state index >= 15 is 0 Å². The van der Waals surface area contributed by atoms with Crippen LogP contribution >= 0.6 is 0 Å². The van der Waals surface area contributed by atoms with Crippen molar-refractivity contribution < 1.29 is 4.79 Å². The summed E-state index contributed by atoms with van der Waals surface area (Å²) in [6.45, 7) is 2.51. The van der Waals surface area contributed by atoms with Gasteiger partial charge in [0, 0.05) is 30.8 Å². The topological polar surface area (TPSA) is 59.8 Å². The first-order valence-corrected chi connectivity index (χ1v) is 5.34. The Kier molecular flexibility index (Phi) is 3.18. The van der Waals surface area contributed by atoms with Gasteiger partial charge in [-0.15, -0.1) is 0 Å². The Bertz CT molecular complexity index is 519. The molecule has 0 spiro atoms. The molecule has 5 nitrogen and oxygen atoms in total. The lowest BCUT2D eigenvalue weighted by Gasteiger charge is -2.06. The van der Waals surface area contributed by atoms with Crippen LogP contribution < -0.4 is 5.32 Å². The molecule has 0 saturated heterocycles. The molecule has 2 rings (SSSR count). The molecular weight excluding hydrogens is 216 g/mol. The summed E-state index contributed by atoms with van der Waals surface area (Å²) in [6, 6.07) is 4.01. The third-order valence-corrected chi connectivity index (χ3v) is 2.70. The van der Waals surface area contributed by atoms with Gasteiger partial charge < -0.3 is 9.88 Å². The van der Waals surface area contributed by atoms with Gasteiger partial charge in [-0.25, -0.2) is 4.98 Å². The van der Waals surface area contributed by atoms with Gasteiger partial charge in [-0.1, -0.05) is 0 Å². The summed E-state index contributed by atoms with van der Waals surface area (Å²) in [6.07, 6.45) is 4.49. The quantitative estimate of drug-likeness (QED) is 0.857. The first-order chi connectivity index (χ1) is 8.18. The van der Waals surface area contributed by atoms with Gasteiger partial charge in [-0.05, 0) is 19.1 Å². The molecule has 0 aliphatic heterocycles. The van der Waals surface area contributed by atoms with E-state index in [2.05, 4.69) is 15.3 Å². The molecule has 0 aliphatic rings. The Balaban J connectivity index is 2.00. The standard InChI is InChI=1S/C12H14N4O/c1-9-3-4-10(16(9)2)7-15-12(17)11-8-13-5-6-14-11/h3-6,8H,7H2,1-2H3,(H,15,17). The van der Waals surface area contributed by atoms with Gasteiger partial charge in [0.2, 0.25) is 0 Å². The molecule has 5 heteroatoms. The third kappa shape index (κ3) is 2.50. The number of carbonyl (C=O) groups excluding carboxylic acids is 1. The van der Waals surface area contributed by atoms with Crippen LogP contribution in [0.15, 0.2) is 30.7 Å². The third-order valence-electron chi connectivity index (χ3n) is 2.70. The molecule has 2 aromatic rings. The smallest absolute Gasteiger partial charge is 0.271 e. The molecule has 0 saturated carbocycles. The maximum atomic E-state index is 11.7. The van der Waals surface area contributed by atoms with Gasteiger partial charge in [0.1, 0.15) is 5.69 Å². The number of aromatic nitrogens is 3. The number of nitrogens with zero attached hydrogens (tertiary/aromatic N) is 3. The Morgan fingerprint density at radius 1 is 1.41 bits per heavy atom. The van der Waals surface area contributed by atoms with Crippen LogP contribution in [0.5, 0.6) is 0 Å². The summed E-state index contributed by atoms with van der Waals surface area (Å²) in [5, 5.41) is 2.81. The van der Waals surface area contributed by atoms with Crippen molar-refractivity contribution in [1.29, 1.82) is 0 Å². The molecular formula is C12H14N4O. The molecule has 2 heterocycles. The van der Waals surface area contributed by atoms with Gasteiger partial charge >= 0.3 is 0 Å². The fourth-order valence-electron chi connectivity index (χ4n) is 1.52. The molecule has 1 amide bonds. The average Bonchev–Trinajstić information content (AvgIpc) is 2.68. The molecule has 1 N–H and O–H groups in total. The molecule has 0 aliphatic carbocycles. The van der Waals surface area contributed by atoms with E-state index in [-0.39, 0.29) is 5.91 Å². The van der Waals surface area contributed by atoms with E-state index in [4.69, 9.17) is 0 Å². The van der Waals surface area contributed by atoms with Gasteiger partial charge in [-0.2, -0.15) is 0 Å². The highest BCUT2D eigenvalue weighted by Crippen LogP contribution is 2.05. The van der Waals surface area contributed by atoms with Crippen LogP contribution in [-0.2, 0) is 13.6 Å². The minimum Gasteiger partial charge on any atom is -0.350 e. The Labute approximate surface area is 99.5 Å². The summed E-state index contributed by atoms with van der Waals surface area (Å²) >= 11 is 0. The van der Waals surface area contributed by atoms with Crippen LogP contribution in [0.3, 0.4) is 0 Å². The fraction of sp³-hybridized carbons (Fsp3) is 0.250. The molecule has 0 atom stereocenters. The summed E-state index contributed by atoms with van der Waals surface area (Å²) in [5.41, 5.74) is 2.55. The van der Waals surface area contributed by atoms with Crippen LogP contribution in [0.1, 0.15) is 21.9 Å². The lowest BCUT2D eigenvalue weighted by Crippen LogP contribution is -2.24. The van der Waals surface area contributed by atoms with Crippen molar-refractivity contribution in [2.24, 2.45) is 7.05 Å². The lowest BCUT2D eigenvalue weighted by atomic mass is 10.4. The minimum absolute atomic E-state index is 0.211. The summed E-state index contributed by atoms with van der Waals surface area (Å²) in [4.78, 5) is 19.5. The van der Waals surface area contributed by atoms with Gasteiger partial charge in [0.05, 0.1) is 12.7 Å². The largest absolute Gasteiger partial charge is 0.350 e. The summed E-state index contributed by atoms with van der Waals surface area (Å²) in [7, 11) is 1.97. The van der Waals surface area contributed by atoms with Crippen molar-refractivity contribution >= 4 is 5.91 Å². The average molecular weight is 230 g/mol. The second-order valence-electron chi connectivity index (χ2n) is 3.80. The number of nitrogens with one attached hydrogen (secondary N) is 1. The maximum absolute atomic E-state index is 11.7. The van der Waals surface area contributed by atoms with Gasteiger partial charge in [0.15, 0.2) is 0 Å². The van der Waals surface area contributed by atoms with Crippen LogP contribution in [-0.4, -0.2) is 20.4 Å². The number of rotatable bonds is 3. The fourth-order valence-corrected chi connectivity index (χ4v) is 1.52. The molecule has 0 unspecified atom stereocenters. The van der Waals surface area contributed by atoms with Crippen LogP contribution in [0.2, 0.25) is 0 Å². The van der Waals surface area contributed by atoms with E-state index in [1.165, 1.54) is 18.6 Å². The van der Waals surface area contributed by atoms with Crippen LogP contribution in [0.25, 0.3) is 0 Å². The SMILES string of the molecule is Cc1ccc(CNC(=O)c2cnccn2)n1C. The van der Waals surface area contributed by atoms with Crippen molar-refractivity contribution in [3.8, 4) is 0 Å². The number of aryl methyl sites for hydroxylation is 1. The van der Waals surface area contributed by atoms with Crippen molar-refractivity contribution in [2.45, 2.75) is 13.5 Å². The number of hydrogen-bond acceptors (Lipinski definition) is 3. The Morgan fingerprint density at radius 2 is 2.24 bits per heavy atom. The van der Waals surface area contributed by atoms with E-state index in [0.29, 0.717) is 12.2 Å². The predicted octanol–water partition coefficient (Wildman–Crippen LogP) is 1.05. The van der Waals surface area contributed by atoms with Gasteiger partial charge in [0.25, 0.3) is 5.91 Å². The second-order valence-corrected chi connectivity index (χ2v) is 3.80. The maximum Gasteiger partial charge on any atom is 0.271 e. The van der Waals surface area contributed by atoms with E-state index in [9.17, 15) is 4.79 Å². The van der Waals surface area contributed by atoms with Gasteiger partial charge in [-0.3, -0.25) is 9.78 Å². The van der Waals surface area contributed by atoms with E-state index in [1.807, 2.05) is 30.7 Å². The molecule has 0 aromatic carbocycles. The normalized spacial score (nSPS) is 10.2. The van der Waals surface area contributed by atoms with Crippen molar-refractivity contribution in [3.63, 3.8) is 0 Å². The van der Waals surface area contributed by atoms with E-state index < -0.39 is 0 Å². The molecule has 88 valence electrons. The zero-order valence-electron chi connectivity index (χ0n) is 9.84. The monoisotopic (exact) mass is 230 g/mol. The molecule has 0 radical (unpaired) electrons.